The number of nitrogens with zero attached hydrogens (tertiary/aromatic N) is 1. The number of hydrogen-bond acceptors (Lipinski definition) is 3. The Bertz CT molecular complexity index is 139. The Morgan fingerprint density at radius 3 is 1.50 bits per heavy atom. The van der Waals surface area contributed by atoms with Gasteiger partial charge in [0.1, 0.15) is 0 Å². The molecule has 4 nitrogen and oxygen atoms in total. The smallest absolute Gasteiger partial charge is 0.735 e. The molecule has 0 aliphatic rings. The molecule has 0 spiro atoms. The summed E-state index contributed by atoms with van der Waals surface area (Å²) < 4.78 is 29.7. The molecule has 0 heterocycles. The van der Waals surface area contributed by atoms with Crippen LogP contribution in [0, 0.1) is 0 Å². The molecule has 0 fully saturated rings. The molecule has 0 aromatic carbocycles. The third-order valence-corrected chi connectivity index (χ3v) is 1.34. The van der Waals surface area contributed by atoms with Crippen molar-refractivity contribution in [3.8, 4) is 0 Å². The Labute approximate surface area is 60.9 Å². The van der Waals surface area contributed by atoms with Crippen molar-refractivity contribution in [3.63, 3.8) is 0 Å². The second-order valence-corrected chi connectivity index (χ2v) is 2.83. The molecule has 44 valence electrons. The Balaban J connectivity index is 0. The number of hydrogen-bond donors (Lipinski definition) is 0. The van der Waals surface area contributed by atoms with E-state index in [0.717, 1.165) is 0 Å². The Morgan fingerprint density at radius 1 is 1.38 bits per heavy atom. The van der Waals surface area contributed by atoms with Gasteiger partial charge in [0.2, 0.25) is 0 Å². The molecule has 0 atom stereocenters. The van der Waals surface area contributed by atoms with Crippen molar-refractivity contribution in [3.05, 3.63) is 0 Å². The standard InChI is InChI=1S/C2H7NO3S.Li/c1-3(2)7(4,5)6;/h1-2H3,(H,4,5,6);/q;+1/p-1. The van der Waals surface area contributed by atoms with Gasteiger partial charge in [-0.3, -0.25) is 0 Å². The molecule has 0 aliphatic heterocycles. The van der Waals surface area contributed by atoms with Gasteiger partial charge in [0, 0.05) is 14.1 Å². The van der Waals surface area contributed by atoms with E-state index < -0.39 is 10.3 Å². The first-order chi connectivity index (χ1) is 2.94. The third-order valence-electron chi connectivity index (χ3n) is 0.447. The predicted molar refractivity (Wildman–Crippen MR) is 23.4 cm³/mol. The van der Waals surface area contributed by atoms with Crippen LogP contribution in [-0.4, -0.2) is 31.4 Å². The number of rotatable bonds is 1. The topological polar surface area (TPSA) is 60.4 Å². The average molecular weight is 131 g/mol. The Hall–Kier alpha value is 0.467. The molecular formula is C2H6LiNO3S. The zero-order valence-corrected chi connectivity index (χ0v) is 5.90. The van der Waals surface area contributed by atoms with Crippen LogP contribution >= 0.6 is 0 Å². The average Bonchev–Trinajstić information content (AvgIpc) is 1.31. The van der Waals surface area contributed by atoms with Gasteiger partial charge < -0.3 is 4.55 Å². The van der Waals surface area contributed by atoms with Gasteiger partial charge in [0.25, 0.3) is 0 Å². The van der Waals surface area contributed by atoms with E-state index in [1.807, 2.05) is 0 Å². The summed E-state index contributed by atoms with van der Waals surface area (Å²) in [5, 5.41) is 0. The van der Waals surface area contributed by atoms with Crippen LogP contribution in [0.2, 0.25) is 0 Å². The molecule has 0 N–H and O–H groups in total. The first-order valence-corrected chi connectivity index (χ1v) is 2.94. The molecule has 0 radical (unpaired) electrons. The summed E-state index contributed by atoms with van der Waals surface area (Å²) in [6.45, 7) is 0. The predicted octanol–water partition coefficient (Wildman–Crippen LogP) is -3.99. The summed E-state index contributed by atoms with van der Waals surface area (Å²) in [6, 6.07) is 0. The summed E-state index contributed by atoms with van der Waals surface area (Å²) in [5.41, 5.74) is 0. The van der Waals surface area contributed by atoms with Crippen molar-refractivity contribution >= 4 is 10.3 Å². The molecule has 0 aromatic rings. The van der Waals surface area contributed by atoms with E-state index in [1.54, 1.807) is 0 Å². The molecule has 0 rings (SSSR count). The van der Waals surface area contributed by atoms with Crippen molar-refractivity contribution < 1.29 is 31.8 Å². The van der Waals surface area contributed by atoms with Crippen LogP contribution in [0.3, 0.4) is 0 Å². The minimum absolute atomic E-state index is 0. The SMILES string of the molecule is CN(C)S(=O)(=O)[O-].[Li+]. The maximum absolute atomic E-state index is 9.70. The van der Waals surface area contributed by atoms with Gasteiger partial charge in [-0.05, 0) is 0 Å². The van der Waals surface area contributed by atoms with Crippen LogP contribution in [-0.2, 0) is 10.3 Å². The maximum atomic E-state index is 9.70. The Kier molecular flexibility index (Phi) is 4.92. The van der Waals surface area contributed by atoms with E-state index in [-0.39, 0.29) is 18.9 Å². The summed E-state index contributed by atoms with van der Waals surface area (Å²) >= 11 is 0. The fourth-order valence-corrected chi connectivity index (χ4v) is 0. The molecule has 0 aromatic heterocycles. The molecule has 0 aliphatic carbocycles. The van der Waals surface area contributed by atoms with Crippen LogP contribution in [0.15, 0.2) is 0 Å². The normalized spacial score (nSPS) is 11.0. The molecule has 6 heteroatoms. The van der Waals surface area contributed by atoms with Crippen LogP contribution in [0.5, 0.6) is 0 Å². The van der Waals surface area contributed by atoms with E-state index in [0.29, 0.717) is 4.31 Å². The monoisotopic (exact) mass is 131 g/mol. The Morgan fingerprint density at radius 2 is 1.50 bits per heavy atom. The quantitative estimate of drug-likeness (QED) is 0.269. The molecule has 0 bridgehead atoms. The minimum atomic E-state index is -4.16. The minimum Gasteiger partial charge on any atom is -0.735 e. The van der Waals surface area contributed by atoms with Gasteiger partial charge in [-0.25, -0.2) is 12.7 Å². The second-order valence-electron chi connectivity index (χ2n) is 1.24. The summed E-state index contributed by atoms with van der Waals surface area (Å²) in [6.07, 6.45) is 0. The summed E-state index contributed by atoms with van der Waals surface area (Å²) in [7, 11) is -1.79. The first kappa shape index (κ1) is 11.3. The van der Waals surface area contributed by atoms with E-state index in [9.17, 15) is 13.0 Å². The fourth-order valence-electron chi connectivity index (χ4n) is 0. The summed E-state index contributed by atoms with van der Waals surface area (Å²) in [4.78, 5) is 0. The van der Waals surface area contributed by atoms with Crippen molar-refractivity contribution in [2.75, 3.05) is 14.1 Å². The van der Waals surface area contributed by atoms with Crippen LogP contribution < -0.4 is 18.9 Å². The first-order valence-electron chi connectivity index (χ1n) is 1.58. The zero-order valence-electron chi connectivity index (χ0n) is 5.08. The largest absolute Gasteiger partial charge is 1.00 e. The van der Waals surface area contributed by atoms with E-state index in [4.69, 9.17) is 0 Å². The fraction of sp³-hybridized carbons (Fsp3) is 1.00. The molecule has 0 unspecified atom stereocenters. The van der Waals surface area contributed by atoms with Crippen molar-refractivity contribution in [2.24, 2.45) is 0 Å². The second kappa shape index (κ2) is 3.48. The van der Waals surface area contributed by atoms with Gasteiger partial charge in [-0.1, -0.05) is 0 Å². The van der Waals surface area contributed by atoms with Gasteiger partial charge in [-0.2, -0.15) is 0 Å². The van der Waals surface area contributed by atoms with E-state index >= 15 is 0 Å². The van der Waals surface area contributed by atoms with Crippen molar-refractivity contribution in [1.82, 2.24) is 4.31 Å². The summed E-state index contributed by atoms with van der Waals surface area (Å²) in [5.74, 6) is 0. The van der Waals surface area contributed by atoms with Crippen molar-refractivity contribution in [1.29, 1.82) is 0 Å². The maximum Gasteiger partial charge on any atom is 1.00 e. The van der Waals surface area contributed by atoms with E-state index in [1.165, 1.54) is 14.1 Å². The van der Waals surface area contributed by atoms with Crippen LogP contribution in [0.25, 0.3) is 0 Å². The molecule has 8 heavy (non-hydrogen) atoms. The van der Waals surface area contributed by atoms with Crippen LogP contribution in [0.1, 0.15) is 0 Å². The molecule has 0 saturated carbocycles. The van der Waals surface area contributed by atoms with Gasteiger partial charge in [0.05, 0.1) is 0 Å². The molecule has 0 amide bonds. The van der Waals surface area contributed by atoms with Crippen molar-refractivity contribution in [2.45, 2.75) is 0 Å². The zero-order chi connectivity index (χ0) is 6.08. The van der Waals surface area contributed by atoms with E-state index in [2.05, 4.69) is 0 Å². The van der Waals surface area contributed by atoms with Gasteiger partial charge >= 0.3 is 18.9 Å². The van der Waals surface area contributed by atoms with Gasteiger partial charge in [0.15, 0.2) is 10.3 Å². The third kappa shape index (κ3) is 4.62. The van der Waals surface area contributed by atoms with Crippen LogP contribution in [0.4, 0.5) is 0 Å². The van der Waals surface area contributed by atoms with Gasteiger partial charge in [-0.15, -0.1) is 0 Å². The molecule has 0 saturated heterocycles. The molecular weight excluding hydrogens is 125 g/mol.